The van der Waals surface area contributed by atoms with Crippen LogP contribution in [0.4, 0.5) is 4.39 Å². The Hall–Kier alpha value is -2.31. The fourth-order valence-electron chi connectivity index (χ4n) is 0.974. The maximum atomic E-state index is 13.3. The third kappa shape index (κ3) is 2.84. The van der Waals surface area contributed by atoms with Crippen molar-refractivity contribution < 1.29 is 24.2 Å². The maximum absolute atomic E-state index is 13.3. The van der Waals surface area contributed by atoms with Crippen LogP contribution in [0.15, 0.2) is 23.4 Å². The van der Waals surface area contributed by atoms with E-state index < -0.39 is 18.4 Å². The number of ether oxygens (including phenoxy) is 1. The van der Waals surface area contributed by atoms with Crippen LogP contribution in [-0.4, -0.2) is 28.7 Å². The molecule has 0 fully saturated rings. The summed E-state index contributed by atoms with van der Waals surface area (Å²) in [5, 5.41) is 19.4. The number of aliphatic carboxylic acids is 1. The fraction of sp³-hybridized carbons (Fsp3) is 0.111. The molecular formula is C9H9FN2O4. The zero-order valence-electron chi connectivity index (χ0n) is 8.05. The van der Waals surface area contributed by atoms with Crippen molar-refractivity contribution in [1.29, 1.82) is 0 Å². The minimum atomic E-state index is -1.21. The standard InChI is InChI=1S/C9H9FN2O4/c10-6-3-5(9(11)12-15)1-2-7(6)16-4-8(13)14/h1-3,15H,4H2,(H2,11,12)(H,13,14). The van der Waals surface area contributed by atoms with Gasteiger partial charge in [-0.3, -0.25) is 0 Å². The molecule has 0 aliphatic heterocycles. The Balaban J connectivity index is 2.87. The van der Waals surface area contributed by atoms with Crippen molar-refractivity contribution in [3.63, 3.8) is 0 Å². The highest BCUT2D eigenvalue weighted by Gasteiger charge is 2.08. The zero-order valence-corrected chi connectivity index (χ0v) is 8.05. The molecule has 0 radical (unpaired) electrons. The van der Waals surface area contributed by atoms with Crippen LogP contribution >= 0.6 is 0 Å². The largest absolute Gasteiger partial charge is 0.479 e. The number of oxime groups is 1. The number of halogens is 1. The van der Waals surface area contributed by atoms with Gasteiger partial charge < -0.3 is 20.8 Å². The molecule has 0 spiro atoms. The van der Waals surface area contributed by atoms with Crippen LogP contribution in [-0.2, 0) is 4.79 Å². The van der Waals surface area contributed by atoms with E-state index in [9.17, 15) is 9.18 Å². The topological polar surface area (TPSA) is 105 Å². The van der Waals surface area contributed by atoms with Gasteiger partial charge in [0.15, 0.2) is 24.0 Å². The second-order valence-electron chi connectivity index (χ2n) is 2.81. The Morgan fingerprint density at radius 2 is 2.25 bits per heavy atom. The highest BCUT2D eigenvalue weighted by atomic mass is 19.1. The molecule has 0 aliphatic rings. The lowest BCUT2D eigenvalue weighted by molar-refractivity contribution is -0.139. The summed E-state index contributed by atoms with van der Waals surface area (Å²) in [4.78, 5) is 10.2. The van der Waals surface area contributed by atoms with E-state index in [1.165, 1.54) is 12.1 Å². The van der Waals surface area contributed by atoms with Crippen molar-refractivity contribution in [1.82, 2.24) is 0 Å². The summed E-state index contributed by atoms with van der Waals surface area (Å²) in [7, 11) is 0. The lowest BCUT2D eigenvalue weighted by Gasteiger charge is -2.05. The number of nitrogens with zero attached hydrogens (tertiary/aromatic N) is 1. The van der Waals surface area contributed by atoms with Gasteiger partial charge in [0, 0.05) is 5.56 Å². The summed E-state index contributed by atoms with van der Waals surface area (Å²) in [5.41, 5.74) is 5.40. The molecule has 86 valence electrons. The van der Waals surface area contributed by atoms with Crippen LogP contribution < -0.4 is 10.5 Å². The van der Waals surface area contributed by atoms with Gasteiger partial charge in [0.25, 0.3) is 0 Å². The Morgan fingerprint density at radius 3 is 2.75 bits per heavy atom. The molecule has 6 nitrogen and oxygen atoms in total. The van der Waals surface area contributed by atoms with Gasteiger partial charge in [-0.1, -0.05) is 5.16 Å². The quantitative estimate of drug-likeness (QED) is 0.299. The van der Waals surface area contributed by atoms with Crippen LogP contribution in [0.3, 0.4) is 0 Å². The second-order valence-corrected chi connectivity index (χ2v) is 2.81. The van der Waals surface area contributed by atoms with Gasteiger partial charge in [-0.2, -0.15) is 0 Å². The number of hydrogen-bond donors (Lipinski definition) is 3. The van der Waals surface area contributed by atoms with Gasteiger partial charge in [0.1, 0.15) is 0 Å². The van der Waals surface area contributed by atoms with Crippen LogP contribution in [0.1, 0.15) is 5.56 Å². The number of nitrogens with two attached hydrogens (primary N) is 1. The minimum absolute atomic E-state index is 0.169. The molecule has 0 saturated heterocycles. The molecule has 7 heteroatoms. The van der Waals surface area contributed by atoms with Crippen LogP contribution in [0.2, 0.25) is 0 Å². The molecule has 0 atom stereocenters. The summed E-state index contributed by atoms with van der Waals surface area (Å²) in [6.07, 6.45) is 0. The van der Waals surface area contributed by atoms with E-state index in [0.29, 0.717) is 0 Å². The van der Waals surface area contributed by atoms with E-state index in [1.54, 1.807) is 0 Å². The average molecular weight is 228 g/mol. The molecule has 0 aromatic heterocycles. The minimum Gasteiger partial charge on any atom is -0.479 e. The number of carbonyl (C=O) groups is 1. The zero-order chi connectivity index (χ0) is 12.1. The van der Waals surface area contributed by atoms with Crippen LogP contribution in [0.25, 0.3) is 0 Å². The molecule has 1 aromatic carbocycles. The number of rotatable bonds is 4. The van der Waals surface area contributed by atoms with Gasteiger partial charge in [0.05, 0.1) is 0 Å². The lowest BCUT2D eigenvalue weighted by Crippen LogP contribution is -2.14. The molecule has 0 aliphatic carbocycles. The first kappa shape index (κ1) is 11.8. The predicted octanol–water partition coefficient (Wildman–Crippen LogP) is 0.384. The smallest absolute Gasteiger partial charge is 0.341 e. The first-order valence-electron chi connectivity index (χ1n) is 4.16. The molecule has 1 aromatic rings. The number of carboxylic acids is 1. The van der Waals surface area contributed by atoms with E-state index in [2.05, 4.69) is 9.89 Å². The number of hydrogen-bond acceptors (Lipinski definition) is 4. The molecule has 0 heterocycles. The molecule has 16 heavy (non-hydrogen) atoms. The monoisotopic (exact) mass is 228 g/mol. The van der Waals surface area contributed by atoms with Gasteiger partial charge in [0.2, 0.25) is 0 Å². The Labute approximate surface area is 89.7 Å². The fourth-order valence-corrected chi connectivity index (χ4v) is 0.974. The number of carboxylic acid groups (broad SMARTS) is 1. The summed E-state index contributed by atoms with van der Waals surface area (Å²) in [6.45, 7) is -0.639. The van der Waals surface area contributed by atoms with E-state index in [4.69, 9.17) is 16.0 Å². The molecule has 0 bridgehead atoms. The Morgan fingerprint density at radius 1 is 1.56 bits per heavy atom. The van der Waals surface area contributed by atoms with Gasteiger partial charge in [-0.15, -0.1) is 0 Å². The van der Waals surface area contributed by atoms with Crippen molar-refractivity contribution >= 4 is 11.8 Å². The molecule has 0 saturated carbocycles. The Bertz CT molecular complexity index is 434. The summed E-state index contributed by atoms with van der Waals surface area (Å²) >= 11 is 0. The maximum Gasteiger partial charge on any atom is 0.341 e. The van der Waals surface area contributed by atoms with Gasteiger partial charge in [-0.25, -0.2) is 9.18 Å². The second kappa shape index (κ2) is 4.96. The lowest BCUT2D eigenvalue weighted by atomic mass is 10.2. The van der Waals surface area contributed by atoms with Crippen molar-refractivity contribution in [3.05, 3.63) is 29.6 Å². The molecular weight excluding hydrogens is 219 g/mol. The third-order valence-corrected chi connectivity index (χ3v) is 1.69. The van der Waals surface area contributed by atoms with Crippen LogP contribution in [0, 0.1) is 5.82 Å². The number of benzene rings is 1. The summed E-state index contributed by atoms with van der Waals surface area (Å²) in [6, 6.07) is 3.52. The Kier molecular flexibility index (Phi) is 3.65. The SMILES string of the molecule is N/C(=N/O)c1ccc(OCC(=O)O)c(F)c1. The van der Waals surface area contributed by atoms with Gasteiger partial charge in [-0.05, 0) is 18.2 Å². The molecule has 1 rings (SSSR count). The van der Waals surface area contributed by atoms with Crippen molar-refractivity contribution in [2.24, 2.45) is 10.9 Å². The van der Waals surface area contributed by atoms with Crippen molar-refractivity contribution in [2.45, 2.75) is 0 Å². The van der Waals surface area contributed by atoms with Crippen molar-refractivity contribution in [3.8, 4) is 5.75 Å². The van der Waals surface area contributed by atoms with E-state index >= 15 is 0 Å². The normalized spacial score (nSPS) is 11.2. The predicted molar refractivity (Wildman–Crippen MR) is 52.0 cm³/mol. The summed E-state index contributed by atoms with van der Waals surface area (Å²) < 4.78 is 17.9. The van der Waals surface area contributed by atoms with Gasteiger partial charge >= 0.3 is 5.97 Å². The number of amidine groups is 1. The molecule has 4 N–H and O–H groups in total. The highest BCUT2D eigenvalue weighted by Crippen LogP contribution is 2.18. The van der Waals surface area contributed by atoms with E-state index in [1.807, 2.05) is 0 Å². The average Bonchev–Trinajstić information content (AvgIpc) is 2.26. The highest BCUT2D eigenvalue weighted by molar-refractivity contribution is 5.97. The van der Waals surface area contributed by atoms with E-state index in [0.717, 1.165) is 6.07 Å². The first-order chi connectivity index (χ1) is 7.54. The van der Waals surface area contributed by atoms with Crippen molar-refractivity contribution in [2.75, 3.05) is 6.61 Å². The molecule has 0 unspecified atom stereocenters. The molecule has 0 amide bonds. The summed E-state index contributed by atoms with van der Waals surface area (Å²) in [5.74, 6) is -2.45. The van der Waals surface area contributed by atoms with E-state index in [-0.39, 0.29) is 17.1 Å². The first-order valence-corrected chi connectivity index (χ1v) is 4.16. The van der Waals surface area contributed by atoms with Crippen LogP contribution in [0.5, 0.6) is 5.75 Å². The third-order valence-electron chi connectivity index (χ3n) is 1.69.